The first-order valence-corrected chi connectivity index (χ1v) is 6.00. The lowest BCUT2D eigenvalue weighted by molar-refractivity contribution is 0.474. The molecule has 0 aliphatic carbocycles. The molecule has 0 unspecified atom stereocenters. The van der Waals surface area contributed by atoms with Crippen LogP contribution in [0.5, 0.6) is 5.75 Å². The smallest absolute Gasteiger partial charge is 0.137 e. The number of benzene rings is 2. The van der Waals surface area contributed by atoms with Crippen LogP contribution in [0.2, 0.25) is 0 Å². The summed E-state index contributed by atoms with van der Waals surface area (Å²) in [6.45, 7) is 0. The molecule has 76 valence electrons. The first-order valence-electron chi connectivity index (χ1n) is 4.42. The molecule has 0 fully saturated rings. The molecule has 1 nitrogen and oxygen atoms in total. The van der Waals surface area contributed by atoms with Gasteiger partial charge in [-0.2, -0.15) is 0 Å². The third kappa shape index (κ3) is 2.24. The summed E-state index contributed by atoms with van der Waals surface area (Å²) in [6.07, 6.45) is 0. The zero-order valence-corrected chi connectivity index (χ0v) is 10.9. The van der Waals surface area contributed by atoms with Crippen LogP contribution in [0.15, 0.2) is 51.4 Å². The fraction of sp³-hybridized carbons (Fsp3) is 0. The number of halogens is 2. The number of phenols is 1. The molecule has 0 saturated heterocycles. The number of hydrogen-bond acceptors (Lipinski definition) is 1. The van der Waals surface area contributed by atoms with Crippen molar-refractivity contribution >= 4 is 31.9 Å². The Labute approximate surface area is 105 Å². The van der Waals surface area contributed by atoms with Crippen molar-refractivity contribution in [2.45, 2.75) is 0 Å². The summed E-state index contributed by atoms with van der Waals surface area (Å²) in [5, 5.41) is 9.86. The van der Waals surface area contributed by atoms with Crippen molar-refractivity contribution in [1.82, 2.24) is 0 Å². The number of hydrogen-bond donors (Lipinski definition) is 1. The van der Waals surface area contributed by atoms with E-state index in [0.29, 0.717) is 4.47 Å². The van der Waals surface area contributed by atoms with Crippen molar-refractivity contribution in [3.8, 4) is 16.9 Å². The van der Waals surface area contributed by atoms with Crippen molar-refractivity contribution in [2.24, 2.45) is 0 Å². The second-order valence-electron chi connectivity index (χ2n) is 3.14. The van der Waals surface area contributed by atoms with Crippen LogP contribution in [-0.4, -0.2) is 5.11 Å². The number of para-hydroxylation sites is 1. The molecule has 0 saturated carbocycles. The normalized spacial score (nSPS) is 10.3. The molecule has 2 rings (SSSR count). The Kier molecular flexibility index (Phi) is 3.12. The Morgan fingerprint density at radius 3 is 2.20 bits per heavy atom. The Bertz CT molecular complexity index is 477. The van der Waals surface area contributed by atoms with Crippen LogP contribution in [0.25, 0.3) is 11.1 Å². The zero-order chi connectivity index (χ0) is 10.8. The lowest BCUT2D eigenvalue weighted by Gasteiger charge is -2.06. The van der Waals surface area contributed by atoms with E-state index < -0.39 is 0 Å². The monoisotopic (exact) mass is 326 g/mol. The highest BCUT2D eigenvalue weighted by molar-refractivity contribution is 9.10. The van der Waals surface area contributed by atoms with E-state index in [1.165, 1.54) is 0 Å². The van der Waals surface area contributed by atoms with Gasteiger partial charge in [0.1, 0.15) is 5.75 Å². The van der Waals surface area contributed by atoms with Crippen LogP contribution in [0, 0.1) is 0 Å². The first-order chi connectivity index (χ1) is 7.18. The lowest BCUT2D eigenvalue weighted by atomic mass is 10.1. The predicted molar refractivity (Wildman–Crippen MR) is 68.9 cm³/mol. The molecule has 0 spiro atoms. The first kappa shape index (κ1) is 10.7. The quantitative estimate of drug-likeness (QED) is 0.812. The van der Waals surface area contributed by atoms with E-state index in [1.54, 1.807) is 0 Å². The summed E-state index contributed by atoms with van der Waals surface area (Å²) in [7, 11) is 0. The van der Waals surface area contributed by atoms with E-state index in [-0.39, 0.29) is 5.75 Å². The summed E-state index contributed by atoms with van der Waals surface area (Å²) < 4.78 is 1.74. The van der Waals surface area contributed by atoms with E-state index in [9.17, 15) is 5.11 Å². The van der Waals surface area contributed by atoms with Gasteiger partial charge in [-0.25, -0.2) is 0 Å². The van der Waals surface area contributed by atoms with Gasteiger partial charge in [0.25, 0.3) is 0 Å². The molecule has 1 N–H and O–H groups in total. The van der Waals surface area contributed by atoms with E-state index in [0.717, 1.165) is 15.6 Å². The Hall–Kier alpha value is -0.800. The highest BCUT2D eigenvalue weighted by atomic mass is 79.9. The summed E-state index contributed by atoms with van der Waals surface area (Å²) in [5.41, 5.74) is 1.83. The van der Waals surface area contributed by atoms with Gasteiger partial charge in [-0.05, 0) is 39.7 Å². The minimum Gasteiger partial charge on any atom is -0.506 e. The highest BCUT2D eigenvalue weighted by Gasteiger charge is 2.06. The molecule has 2 aromatic carbocycles. The van der Waals surface area contributed by atoms with Crippen LogP contribution in [0.1, 0.15) is 0 Å². The van der Waals surface area contributed by atoms with Gasteiger partial charge in [0, 0.05) is 10.0 Å². The molecule has 0 aliphatic heterocycles. The fourth-order valence-corrected chi connectivity index (χ4v) is 2.01. The molecule has 0 heterocycles. The van der Waals surface area contributed by atoms with Crippen molar-refractivity contribution in [1.29, 1.82) is 0 Å². The third-order valence-corrected chi connectivity index (χ3v) is 3.31. The zero-order valence-electron chi connectivity index (χ0n) is 7.74. The third-order valence-electron chi connectivity index (χ3n) is 2.14. The second kappa shape index (κ2) is 4.37. The molecule has 0 atom stereocenters. The standard InChI is InChI=1S/C12H8Br2O/c13-9-6-4-8(5-7-9)10-2-1-3-11(14)12(10)15/h1-7,15H. The van der Waals surface area contributed by atoms with Crippen LogP contribution in [0.4, 0.5) is 0 Å². The average molecular weight is 328 g/mol. The molecule has 2 aromatic rings. The minimum absolute atomic E-state index is 0.278. The minimum atomic E-state index is 0.278. The van der Waals surface area contributed by atoms with E-state index in [4.69, 9.17) is 0 Å². The SMILES string of the molecule is Oc1c(Br)cccc1-c1ccc(Br)cc1. The Balaban J connectivity index is 2.54. The van der Waals surface area contributed by atoms with E-state index >= 15 is 0 Å². The number of aromatic hydroxyl groups is 1. The van der Waals surface area contributed by atoms with Gasteiger partial charge in [-0.3, -0.25) is 0 Å². The van der Waals surface area contributed by atoms with Crippen LogP contribution >= 0.6 is 31.9 Å². The molecule has 15 heavy (non-hydrogen) atoms. The van der Waals surface area contributed by atoms with Gasteiger partial charge < -0.3 is 5.11 Å². The summed E-state index contributed by atoms with van der Waals surface area (Å²) in [4.78, 5) is 0. The molecule has 0 aliphatic rings. The van der Waals surface area contributed by atoms with Crippen molar-refractivity contribution in [3.05, 3.63) is 51.4 Å². The average Bonchev–Trinajstić information content (AvgIpc) is 2.24. The van der Waals surface area contributed by atoms with E-state index in [1.807, 2.05) is 42.5 Å². The number of rotatable bonds is 1. The summed E-state index contributed by atoms with van der Waals surface area (Å²) in [6, 6.07) is 13.4. The van der Waals surface area contributed by atoms with Crippen molar-refractivity contribution in [2.75, 3.05) is 0 Å². The second-order valence-corrected chi connectivity index (χ2v) is 4.91. The van der Waals surface area contributed by atoms with Gasteiger partial charge in [0.15, 0.2) is 0 Å². The van der Waals surface area contributed by atoms with Gasteiger partial charge >= 0.3 is 0 Å². The summed E-state index contributed by atoms with van der Waals surface area (Å²) in [5.74, 6) is 0.278. The molecular weight excluding hydrogens is 320 g/mol. The van der Waals surface area contributed by atoms with Crippen LogP contribution in [-0.2, 0) is 0 Å². The topological polar surface area (TPSA) is 20.2 Å². The predicted octanol–water partition coefficient (Wildman–Crippen LogP) is 4.58. The van der Waals surface area contributed by atoms with E-state index in [2.05, 4.69) is 31.9 Å². The van der Waals surface area contributed by atoms with Crippen molar-refractivity contribution in [3.63, 3.8) is 0 Å². The van der Waals surface area contributed by atoms with Gasteiger partial charge in [0.05, 0.1) is 4.47 Å². The van der Waals surface area contributed by atoms with Crippen molar-refractivity contribution < 1.29 is 5.11 Å². The highest BCUT2D eigenvalue weighted by Crippen LogP contribution is 2.35. The van der Waals surface area contributed by atoms with Crippen LogP contribution < -0.4 is 0 Å². The molecule has 0 aromatic heterocycles. The van der Waals surface area contributed by atoms with Gasteiger partial charge in [-0.1, -0.05) is 40.2 Å². The maximum atomic E-state index is 9.86. The molecular formula is C12H8Br2O. The largest absolute Gasteiger partial charge is 0.506 e. The maximum Gasteiger partial charge on any atom is 0.137 e. The van der Waals surface area contributed by atoms with Crippen LogP contribution in [0.3, 0.4) is 0 Å². The van der Waals surface area contributed by atoms with Gasteiger partial charge in [-0.15, -0.1) is 0 Å². The lowest BCUT2D eigenvalue weighted by Crippen LogP contribution is -1.79. The summed E-state index contributed by atoms with van der Waals surface area (Å²) >= 11 is 6.68. The Morgan fingerprint density at radius 1 is 0.867 bits per heavy atom. The maximum absolute atomic E-state index is 9.86. The molecule has 3 heteroatoms. The molecule has 0 bridgehead atoms. The Morgan fingerprint density at radius 2 is 1.53 bits per heavy atom. The molecule has 0 radical (unpaired) electrons. The number of phenolic OH excluding ortho intramolecular Hbond substituents is 1. The fourth-order valence-electron chi connectivity index (χ4n) is 1.38. The molecule has 0 amide bonds. The van der Waals surface area contributed by atoms with Gasteiger partial charge in [0.2, 0.25) is 0 Å².